The van der Waals surface area contributed by atoms with Gasteiger partial charge in [-0.05, 0) is 80.5 Å². The topological polar surface area (TPSA) is 160 Å². The number of fused-ring (bicyclic) bond motifs is 1. The molecule has 0 aliphatic heterocycles. The van der Waals surface area contributed by atoms with Crippen molar-refractivity contribution in [3.05, 3.63) is 76.2 Å². The Morgan fingerprint density at radius 2 is 1.78 bits per heavy atom. The number of rotatable bonds is 9. The number of carbonyl (C=O) groups excluding carboxylic acids is 2. The number of aromatic nitrogens is 3. The monoisotopic (exact) mass is 556 g/mol. The summed E-state index contributed by atoms with van der Waals surface area (Å²) in [5, 5.41) is 5.89. The number of pyridine rings is 1. The van der Waals surface area contributed by atoms with Gasteiger partial charge in [0, 0.05) is 35.3 Å². The number of benzene rings is 2. The number of nitrogens with two attached hydrogens (primary N) is 2. The first-order chi connectivity index (χ1) is 19.8. The Kier molecular flexibility index (Phi) is 8.21. The first kappa shape index (κ1) is 28.1. The number of hydrogen-bond acceptors (Lipinski definition) is 6. The van der Waals surface area contributed by atoms with E-state index in [9.17, 15) is 14.4 Å². The lowest BCUT2D eigenvalue weighted by Crippen LogP contribution is -2.52. The molecule has 1 aliphatic rings. The average molecular weight is 557 g/mol. The Morgan fingerprint density at radius 3 is 2.41 bits per heavy atom. The van der Waals surface area contributed by atoms with Crippen molar-refractivity contribution >= 4 is 28.4 Å². The van der Waals surface area contributed by atoms with Crippen molar-refractivity contribution in [1.82, 2.24) is 15.2 Å². The third-order valence-electron chi connectivity index (χ3n) is 8.21. The summed E-state index contributed by atoms with van der Waals surface area (Å²) in [5.41, 5.74) is 16.3. The van der Waals surface area contributed by atoms with Gasteiger partial charge >= 0.3 is 0 Å². The zero-order valence-electron chi connectivity index (χ0n) is 23.4. The number of ether oxygens (including phenoxy) is 1. The van der Waals surface area contributed by atoms with Crippen LogP contribution in [0.1, 0.15) is 36.9 Å². The van der Waals surface area contributed by atoms with Gasteiger partial charge in [-0.15, -0.1) is 0 Å². The van der Waals surface area contributed by atoms with E-state index in [0.29, 0.717) is 47.8 Å². The van der Waals surface area contributed by atoms with Gasteiger partial charge in [-0.2, -0.15) is 0 Å². The van der Waals surface area contributed by atoms with Crippen LogP contribution in [0.3, 0.4) is 0 Å². The summed E-state index contributed by atoms with van der Waals surface area (Å²) in [4.78, 5) is 45.2. The molecular weight excluding hydrogens is 520 g/mol. The summed E-state index contributed by atoms with van der Waals surface area (Å²) in [5.74, 6) is -0.0263. The van der Waals surface area contributed by atoms with E-state index in [2.05, 4.69) is 15.2 Å². The van der Waals surface area contributed by atoms with E-state index in [1.54, 1.807) is 25.3 Å². The molecule has 2 amide bonds. The van der Waals surface area contributed by atoms with E-state index in [-0.39, 0.29) is 23.8 Å². The molecule has 0 spiro atoms. The largest absolute Gasteiger partial charge is 0.481 e. The van der Waals surface area contributed by atoms with Crippen LogP contribution in [0.15, 0.2) is 59.4 Å². The second kappa shape index (κ2) is 12.0. The van der Waals surface area contributed by atoms with Gasteiger partial charge in [-0.3, -0.25) is 29.5 Å². The number of aromatic amines is 2. The summed E-state index contributed by atoms with van der Waals surface area (Å²) in [6.07, 6.45) is 3.38. The SMILES string of the molecule is COc1ccc(-c2ccc(C[C@@H](C(N)=O)N(C(=O)C3CCC(CN)CC3)c3ccc4c(=O)[nH][nH]c4c3)cc2)c(C)n1. The molecular formula is C31H36N6O4. The fraction of sp³-hybridized carbons (Fsp3) is 0.355. The Labute approximate surface area is 238 Å². The Morgan fingerprint density at radius 1 is 1.05 bits per heavy atom. The highest BCUT2D eigenvalue weighted by molar-refractivity contribution is 6.03. The molecule has 0 bridgehead atoms. The van der Waals surface area contributed by atoms with E-state index < -0.39 is 11.9 Å². The predicted molar refractivity (Wildman–Crippen MR) is 159 cm³/mol. The molecule has 214 valence electrons. The number of hydrogen-bond donors (Lipinski definition) is 4. The highest BCUT2D eigenvalue weighted by Crippen LogP contribution is 2.33. The van der Waals surface area contributed by atoms with Crippen molar-refractivity contribution in [2.45, 2.75) is 45.1 Å². The molecule has 10 heteroatoms. The van der Waals surface area contributed by atoms with Crippen LogP contribution >= 0.6 is 0 Å². The van der Waals surface area contributed by atoms with E-state index in [4.69, 9.17) is 16.2 Å². The maximum Gasteiger partial charge on any atom is 0.271 e. The molecule has 2 heterocycles. The molecule has 0 unspecified atom stereocenters. The highest BCUT2D eigenvalue weighted by atomic mass is 16.5. The first-order valence-corrected chi connectivity index (χ1v) is 13.9. The molecule has 2 aromatic carbocycles. The van der Waals surface area contributed by atoms with Crippen molar-refractivity contribution in [1.29, 1.82) is 0 Å². The molecule has 0 saturated heterocycles. The van der Waals surface area contributed by atoms with Crippen LogP contribution in [0.2, 0.25) is 0 Å². The molecule has 1 saturated carbocycles. The molecule has 4 aromatic rings. The van der Waals surface area contributed by atoms with E-state index in [1.165, 1.54) is 4.90 Å². The zero-order chi connectivity index (χ0) is 29.1. The molecule has 1 atom stereocenters. The van der Waals surface area contributed by atoms with Crippen molar-refractivity contribution in [3.63, 3.8) is 0 Å². The van der Waals surface area contributed by atoms with Gasteiger partial charge in [-0.1, -0.05) is 24.3 Å². The number of anilines is 1. The van der Waals surface area contributed by atoms with Crippen molar-refractivity contribution in [2.24, 2.45) is 23.3 Å². The number of amides is 2. The summed E-state index contributed by atoms with van der Waals surface area (Å²) in [6, 6.07) is 15.8. The number of aryl methyl sites for hydroxylation is 1. The average Bonchev–Trinajstić information content (AvgIpc) is 3.36. The lowest BCUT2D eigenvalue weighted by molar-refractivity contribution is -0.127. The van der Waals surface area contributed by atoms with Crippen LogP contribution in [-0.2, 0) is 16.0 Å². The molecule has 5 rings (SSSR count). The van der Waals surface area contributed by atoms with Gasteiger partial charge in [0.15, 0.2) is 0 Å². The summed E-state index contributed by atoms with van der Waals surface area (Å²) < 4.78 is 5.22. The number of methoxy groups -OCH3 is 1. The lowest BCUT2D eigenvalue weighted by Gasteiger charge is -2.35. The van der Waals surface area contributed by atoms with Gasteiger partial charge in [0.25, 0.3) is 5.56 Å². The fourth-order valence-corrected chi connectivity index (χ4v) is 5.80. The number of carbonyl (C=O) groups is 2. The van der Waals surface area contributed by atoms with E-state index in [1.807, 2.05) is 43.3 Å². The smallest absolute Gasteiger partial charge is 0.271 e. The third-order valence-corrected chi connectivity index (χ3v) is 8.21. The van der Waals surface area contributed by atoms with Crippen molar-refractivity contribution < 1.29 is 14.3 Å². The summed E-state index contributed by atoms with van der Waals surface area (Å²) >= 11 is 0. The quantitative estimate of drug-likeness (QED) is 0.247. The standard InChI is InChI=1S/C31H36N6O4/c1-18-24(13-14-28(34-18)41-2)21-7-3-19(4-8-21)15-27(29(33)38)37(31(40)22-9-5-20(17-32)6-10-22)23-11-12-25-26(16-23)35-36-30(25)39/h3-4,7-8,11-14,16,20,22,27H,5-6,9-10,15,17,32H2,1-2H3,(H2,33,38)(H2,35,36,39)/t20?,22?,27-/m0/s1. The van der Waals surface area contributed by atoms with Gasteiger partial charge in [-0.25, -0.2) is 4.98 Å². The molecule has 1 fully saturated rings. The number of nitrogens with one attached hydrogen (secondary N) is 2. The number of nitrogens with zero attached hydrogens (tertiary/aromatic N) is 2. The third kappa shape index (κ3) is 5.88. The highest BCUT2D eigenvalue weighted by Gasteiger charge is 2.36. The maximum absolute atomic E-state index is 14.1. The molecule has 10 nitrogen and oxygen atoms in total. The molecule has 0 radical (unpaired) electrons. The van der Waals surface area contributed by atoms with Crippen LogP contribution in [0.25, 0.3) is 22.0 Å². The Bertz CT molecular complexity index is 1600. The van der Waals surface area contributed by atoms with Crippen LogP contribution < -0.4 is 26.7 Å². The second-order valence-corrected chi connectivity index (χ2v) is 10.8. The normalized spacial score (nSPS) is 17.7. The second-order valence-electron chi connectivity index (χ2n) is 10.8. The van der Waals surface area contributed by atoms with Crippen LogP contribution in [0.5, 0.6) is 5.88 Å². The maximum atomic E-state index is 14.1. The number of primary amides is 1. The van der Waals surface area contributed by atoms with E-state index >= 15 is 0 Å². The molecule has 6 N–H and O–H groups in total. The lowest BCUT2D eigenvalue weighted by atomic mass is 9.81. The zero-order valence-corrected chi connectivity index (χ0v) is 23.4. The molecule has 2 aromatic heterocycles. The van der Waals surface area contributed by atoms with Crippen molar-refractivity contribution in [3.8, 4) is 17.0 Å². The molecule has 41 heavy (non-hydrogen) atoms. The Balaban J connectivity index is 1.47. The minimum absolute atomic E-state index is 0.141. The molecule has 1 aliphatic carbocycles. The first-order valence-electron chi connectivity index (χ1n) is 13.9. The summed E-state index contributed by atoms with van der Waals surface area (Å²) in [7, 11) is 1.58. The minimum atomic E-state index is -0.923. The Hall–Kier alpha value is -4.44. The van der Waals surface area contributed by atoms with E-state index in [0.717, 1.165) is 35.2 Å². The minimum Gasteiger partial charge on any atom is -0.481 e. The van der Waals surface area contributed by atoms with Crippen LogP contribution in [-0.4, -0.2) is 46.7 Å². The van der Waals surface area contributed by atoms with Gasteiger partial charge in [0.2, 0.25) is 17.7 Å². The van der Waals surface area contributed by atoms with Gasteiger partial charge < -0.3 is 16.2 Å². The van der Waals surface area contributed by atoms with Gasteiger partial charge in [0.1, 0.15) is 6.04 Å². The summed E-state index contributed by atoms with van der Waals surface area (Å²) in [6.45, 7) is 2.53. The van der Waals surface area contributed by atoms with Crippen LogP contribution in [0, 0.1) is 18.8 Å². The van der Waals surface area contributed by atoms with Gasteiger partial charge in [0.05, 0.1) is 18.0 Å². The fourth-order valence-electron chi connectivity index (χ4n) is 5.80. The predicted octanol–water partition coefficient (Wildman–Crippen LogP) is 3.43. The van der Waals surface area contributed by atoms with Crippen molar-refractivity contribution in [2.75, 3.05) is 18.6 Å². The number of H-pyrrole nitrogens is 2. The van der Waals surface area contributed by atoms with Crippen LogP contribution in [0.4, 0.5) is 5.69 Å².